The van der Waals surface area contributed by atoms with Crippen molar-refractivity contribution in [2.75, 3.05) is 0 Å². The molecule has 0 saturated heterocycles. The van der Waals surface area contributed by atoms with E-state index in [9.17, 15) is 0 Å². The largest absolute Gasteiger partial charge is 0.0619 e. The molecule has 0 bridgehead atoms. The van der Waals surface area contributed by atoms with Crippen LogP contribution in [0, 0.1) is 0 Å². The van der Waals surface area contributed by atoms with Crippen LogP contribution in [-0.4, -0.2) is 0 Å². The standard InChI is InChI=1S/C33H28/c1-33(2,3)31-20-19-28-25-15-7-5-12-23(25)21-30(28)32(31)29-17-9-8-16-27(29)26-18-10-13-22-11-4-6-14-24(22)26/h4-20H,21H2,1-3H3. The summed E-state index contributed by atoms with van der Waals surface area (Å²) in [6.07, 6.45) is 0.995. The fourth-order valence-corrected chi connectivity index (χ4v) is 5.54. The molecule has 0 aliphatic heterocycles. The fourth-order valence-electron chi connectivity index (χ4n) is 5.54. The van der Waals surface area contributed by atoms with Crippen LogP contribution in [0.3, 0.4) is 0 Å². The van der Waals surface area contributed by atoms with E-state index < -0.39 is 0 Å². The first-order chi connectivity index (χ1) is 16.0. The van der Waals surface area contributed by atoms with Gasteiger partial charge in [0.15, 0.2) is 0 Å². The zero-order valence-electron chi connectivity index (χ0n) is 19.5. The number of hydrogen-bond acceptors (Lipinski definition) is 0. The molecule has 0 amide bonds. The Balaban J connectivity index is 1.68. The lowest BCUT2D eigenvalue weighted by Gasteiger charge is -2.27. The number of benzene rings is 5. The van der Waals surface area contributed by atoms with Crippen molar-refractivity contribution >= 4 is 10.8 Å². The van der Waals surface area contributed by atoms with Crippen molar-refractivity contribution < 1.29 is 0 Å². The topological polar surface area (TPSA) is 0 Å². The normalized spacial score (nSPS) is 12.6. The predicted octanol–water partition coefficient (Wildman–Crippen LogP) is 9.04. The van der Waals surface area contributed by atoms with Gasteiger partial charge in [-0.25, -0.2) is 0 Å². The average molecular weight is 425 g/mol. The van der Waals surface area contributed by atoms with Crippen LogP contribution >= 0.6 is 0 Å². The zero-order chi connectivity index (χ0) is 22.6. The van der Waals surface area contributed by atoms with E-state index in [-0.39, 0.29) is 5.41 Å². The molecule has 33 heavy (non-hydrogen) atoms. The Hall–Kier alpha value is -3.64. The van der Waals surface area contributed by atoms with E-state index in [1.165, 1.54) is 60.8 Å². The Labute approximate surface area is 196 Å². The van der Waals surface area contributed by atoms with E-state index in [0.717, 1.165) is 6.42 Å². The molecule has 0 saturated carbocycles. The van der Waals surface area contributed by atoms with E-state index in [1.807, 2.05) is 0 Å². The summed E-state index contributed by atoms with van der Waals surface area (Å²) in [7, 11) is 0. The van der Waals surface area contributed by atoms with Crippen LogP contribution in [0.15, 0.2) is 103 Å². The predicted molar refractivity (Wildman–Crippen MR) is 142 cm³/mol. The van der Waals surface area contributed by atoms with Crippen molar-refractivity contribution in [1.82, 2.24) is 0 Å². The van der Waals surface area contributed by atoms with Crippen molar-refractivity contribution in [3.8, 4) is 33.4 Å². The summed E-state index contributed by atoms with van der Waals surface area (Å²) in [4.78, 5) is 0. The van der Waals surface area contributed by atoms with Gasteiger partial charge in [-0.15, -0.1) is 0 Å². The first kappa shape index (κ1) is 20.0. The van der Waals surface area contributed by atoms with Crippen LogP contribution < -0.4 is 0 Å². The van der Waals surface area contributed by atoms with Crippen molar-refractivity contribution in [3.63, 3.8) is 0 Å². The molecular formula is C33H28. The second-order valence-corrected chi connectivity index (χ2v) is 10.2. The third-order valence-corrected chi connectivity index (χ3v) is 7.07. The van der Waals surface area contributed by atoms with Gasteiger partial charge < -0.3 is 0 Å². The average Bonchev–Trinajstić information content (AvgIpc) is 3.21. The minimum absolute atomic E-state index is 0.0466. The van der Waals surface area contributed by atoms with Crippen molar-refractivity contribution in [2.24, 2.45) is 0 Å². The summed E-state index contributed by atoms with van der Waals surface area (Å²) in [6.45, 7) is 7.00. The van der Waals surface area contributed by atoms with Gasteiger partial charge in [-0.05, 0) is 72.7 Å². The molecule has 0 unspecified atom stereocenters. The quantitative estimate of drug-likeness (QED) is 0.260. The molecule has 1 aliphatic rings. The molecule has 5 aromatic carbocycles. The molecule has 160 valence electrons. The van der Waals surface area contributed by atoms with Crippen LogP contribution in [0.4, 0.5) is 0 Å². The van der Waals surface area contributed by atoms with Crippen LogP contribution in [0.2, 0.25) is 0 Å². The molecular weight excluding hydrogens is 396 g/mol. The summed E-state index contributed by atoms with van der Waals surface area (Å²) in [6, 6.07) is 38.0. The second-order valence-electron chi connectivity index (χ2n) is 10.2. The van der Waals surface area contributed by atoms with Gasteiger partial charge in [-0.1, -0.05) is 124 Å². The highest BCUT2D eigenvalue weighted by atomic mass is 14.3. The van der Waals surface area contributed by atoms with E-state index in [0.29, 0.717) is 0 Å². The maximum atomic E-state index is 2.37. The summed E-state index contributed by atoms with van der Waals surface area (Å²) >= 11 is 0. The van der Waals surface area contributed by atoms with Gasteiger partial charge in [0, 0.05) is 0 Å². The lowest BCUT2D eigenvalue weighted by atomic mass is 9.77. The number of rotatable bonds is 2. The Morgan fingerprint density at radius 1 is 0.515 bits per heavy atom. The molecule has 0 N–H and O–H groups in total. The third kappa shape index (κ3) is 3.21. The second kappa shape index (κ2) is 7.46. The van der Waals surface area contributed by atoms with Gasteiger partial charge in [-0.3, -0.25) is 0 Å². The lowest BCUT2D eigenvalue weighted by molar-refractivity contribution is 0.591. The molecule has 0 heteroatoms. The smallest absolute Gasteiger partial charge is 0.000718 e. The maximum Gasteiger partial charge on any atom is -0.000718 e. The minimum Gasteiger partial charge on any atom is -0.0619 e. The molecule has 6 rings (SSSR count). The summed E-state index contributed by atoms with van der Waals surface area (Å²) in [5, 5.41) is 2.59. The van der Waals surface area contributed by atoms with E-state index in [4.69, 9.17) is 0 Å². The summed E-state index contributed by atoms with van der Waals surface area (Å²) < 4.78 is 0. The highest BCUT2D eigenvalue weighted by Gasteiger charge is 2.28. The molecule has 5 aromatic rings. The van der Waals surface area contributed by atoms with Crippen molar-refractivity contribution in [3.05, 3.63) is 120 Å². The zero-order valence-corrected chi connectivity index (χ0v) is 19.5. The maximum absolute atomic E-state index is 2.37. The summed E-state index contributed by atoms with van der Waals surface area (Å²) in [5.74, 6) is 0. The molecule has 0 nitrogen and oxygen atoms in total. The number of hydrogen-bond donors (Lipinski definition) is 0. The van der Waals surface area contributed by atoms with E-state index in [1.54, 1.807) is 0 Å². The molecule has 0 spiro atoms. The van der Waals surface area contributed by atoms with Crippen LogP contribution in [0.25, 0.3) is 44.2 Å². The first-order valence-electron chi connectivity index (χ1n) is 11.8. The Morgan fingerprint density at radius 2 is 1.15 bits per heavy atom. The van der Waals surface area contributed by atoms with Crippen LogP contribution in [0.5, 0.6) is 0 Å². The lowest BCUT2D eigenvalue weighted by Crippen LogP contribution is -2.14. The first-order valence-corrected chi connectivity index (χ1v) is 11.8. The monoisotopic (exact) mass is 424 g/mol. The highest BCUT2D eigenvalue weighted by Crippen LogP contribution is 2.48. The van der Waals surface area contributed by atoms with Gasteiger partial charge >= 0.3 is 0 Å². The van der Waals surface area contributed by atoms with Gasteiger partial charge in [-0.2, -0.15) is 0 Å². The van der Waals surface area contributed by atoms with Crippen LogP contribution in [-0.2, 0) is 11.8 Å². The molecule has 0 fully saturated rings. The minimum atomic E-state index is 0.0466. The molecule has 0 heterocycles. The van der Waals surface area contributed by atoms with Crippen LogP contribution in [0.1, 0.15) is 37.5 Å². The van der Waals surface area contributed by atoms with E-state index in [2.05, 4.69) is 124 Å². The fraction of sp³-hybridized carbons (Fsp3) is 0.152. The Morgan fingerprint density at radius 3 is 1.97 bits per heavy atom. The van der Waals surface area contributed by atoms with Crippen molar-refractivity contribution in [2.45, 2.75) is 32.6 Å². The van der Waals surface area contributed by atoms with Gasteiger partial charge in [0.2, 0.25) is 0 Å². The molecule has 1 aliphatic carbocycles. The van der Waals surface area contributed by atoms with E-state index >= 15 is 0 Å². The third-order valence-electron chi connectivity index (χ3n) is 7.07. The molecule has 0 aromatic heterocycles. The SMILES string of the molecule is CC(C)(C)c1ccc2c(c1-c1ccccc1-c1cccc3ccccc13)Cc1ccccc1-2. The molecule has 0 atom stereocenters. The summed E-state index contributed by atoms with van der Waals surface area (Å²) in [5.41, 5.74) is 12.5. The van der Waals surface area contributed by atoms with Gasteiger partial charge in [0.1, 0.15) is 0 Å². The number of fused-ring (bicyclic) bond motifs is 4. The Bertz CT molecular complexity index is 1510. The van der Waals surface area contributed by atoms with Gasteiger partial charge in [0.05, 0.1) is 0 Å². The Kier molecular flexibility index (Phi) is 4.52. The van der Waals surface area contributed by atoms with Crippen molar-refractivity contribution in [1.29, 1.82) is 0 Å². The highest BCUT2D eigenvalue weighted by molar-refractivity contribution is 6.02. The van der Waals surface area contributed by atoms with Gasteiger partial charge in [0.25, 0.3) is 0 Å². The molecule has 0 radical (unpaired) electrons.